The standard InChI is InChI=1S/C24H32N4O6/c25-15(5-7-27-9-11-29)13-1-2-14(16(26)6-8-28-10-12-30)20-19(13)23(33)21-17(31)3-4-18(32)22(21)24(20)34/h1-4,15-16,27-32H,5-12,25-26H2. The van der Waals surface area contributed by atoms with Crippen LogP contribution in [0.2, 0.25) is 0 Å². The summed E-state index contributed by atoms with van der Waals surface area (Å²) in [4.78, 5) is 27.2. The second kappa shape index (κ2) is 11.5. The predicted molar refractivity (Wildman–Crippen MR) is 126 cm³/mol. The number of carbonyl (C=O) groups is 2. The highest BCUT2D eigenvalue weighted by atomic mass is 16.3. The monoisotopic (exact) mass is 472 g/mol. The van der Waals surface area contributed by atoms with Crippen LogP contribution in [0.15, 0.2) is 24.3 Å². The number of aliphatic hydroxyl groups is 2. The van der Waals surface area contributed by atoms with Gasteiger partial charge in [-0.25, -0.2) is 0 Å². The topological polar surface area (TPSA) is 191 Å². The average molecular weight is 473 g/mol. The Labute approximate surface area is 197 Å². The summed E-state index contributed by atoms with van der Waals surface area (Å²) in [5.41, 5.74) is 13.4. The summed E-state index contributed by atoms with van der Waals surface area (Å²) in [6.07, 6.45) is 0.868. The highest BCUT2D eigenvalue weighted by Gasteiger charge is 2.39. The maximum atomic E-state index is 13.6. The molecule has 0 radical (unpaired) electrons. The Hall–Kier alpha value is -2.86. The predicted octanol–water partition coefficient (Wildman–Crippen LogP) is -0.183. The average Bonchev–Trinajstić information content (AvgIpc) is 2.83. The zero-order valence-electron chi connectivity index (χ0n) is 18.9. The van der Waals surface area contributed by atoms with Crippen LogP contribution in [-0.4, -0.2) is 71.4 Å². The van der Waals surface area contributed by atoms with Gasteiger partial charge >= 0.3 is 0 Å². The van der Waals surface area contributed by atoms with Crippen LogP contribution in [0.5, 0.6) is 11.5 Å². The lowest BCUT2D eigenvalue weighted by atomic mass is 9.76. The van der Waals surface area contributed by atoms with Gasteiger partial charge in [0.05, 0.1) is 24.3 Å². The Balaban J connectivity index is 2.08. The molecular weight excluding hydrogens is 440 g/mol. The van der Waals surface area contributed by atoms with Crippen molar-refractivity contribution < 1.29 is 30.0 Å². The molecule has 34 heavy (non-hydrogen) atoms. The van der Waals surface area contributed by atoms with Crippen LogP contribution < -0.4 is 22.1 Å². The molecule has 0 aromatic heterocycles. The van der Waals surface area contributed by atoms with Crippen LogP contribution in [0, 0.1) is 0 Å². The first-order valence-corrected chi connectivity index (χ1v) is 11.3. The molecule has 0 heterocycles. The fourth-order valence-electron chi connectivity index (χ4n) is 4.27. The van der Waals surface area contributed by atoms with Gasteiger partial charge in [0.2, 0.25) is 0 Å². The van der Waals surface area contributed by atoms with E-state index < -0.39 is 35.1 Å². The van der Waals surface area contributed by atoms with Gasteiger partial charge in [-0.2, -0.15) is 0 Å². The van der Waals surface area contributed by atoms with Gasteiger partial charge in [-0.15, -0.1) is 0 Å². The highest BCUT2D eigenvalue weighted by molar-refractivity contribution is 6.31. The molecule has 3 rings (SSSR count). The number of nitrogens with two attached hydrogens (primary N) is 2. The van der Waals surface area contributed by atoms with E-state index >= 15 is 0 Å². The van der Waals surface area contributed by atoms with Crippen molar-refractivity contribution in [2.45, 2.75) is 24.9 Å². The van der Waals surface area contributed by atoms with E-state index in [0.29, 0.717) is 50.1 Å². The summed E-state index contributed by atoms with van der Waals surface area (Å²) in [6.45, 7) is 1.74. The molecule has 0 spiro atoms. The molecule has 1 aliphatic rings. The summed E-state index contributed by atoms with van der Waals surface area (Å²) in [5.74, 6) is -1.99. The molecule has 184 valence electrons. The van der Waals surface area contributed by atoms with Gasteiger partial charge in [-0.3, -0.25) is 9.59 Å². The lowest BCUT2D eigenvalue weighted by molar-refractivity contribution is 0.0972. The summed E-state index contributed by atoms with van der Waals surface area (Å²) in [5, 5.41) is 44.7. The highest BCUT2D eigenvalue weighted by Crippen LogP contribution is 2.42. The maximum Gasteiger partial charge on any atom is 0.198 e. The molecule has 1 aliphatic carbocycles. The lowest BCUT2D eigenvalue weighted by Crippen LogP contribution is -2.30. The Morgan fingerprint density at radius 3 is 1.38 bits per heavy atom. The molecule has 0 saturated carbocycles. The number of phenolic OH excluding ortho intramolecular Hbond substituents is 2. The number of ketones is 2. The number of aromatic hydroxyl groups is 2. The zero-order chi connectivity index (χ0) is 24.8. The number of hydrogen-bond acceptors (Lipinski definition) is 10. The van der Waals surface area contributed by atoms with E-state index in [2.05, 4.69) is 10.6 Å². The zero-order valence-corrected chi connectivity index (χ0v) is 18.9. The van der Waals surface area contributed by atoms with Gasteiger partial charge in [0.25, 0.3) is 0 Å². The van der Waals surface area contributed by atoms with Crippen molar-refractivity contribution in [3.63, 3.8) is 0 Å². The van der Waals surface area contributed by atoms with Gasteiger partial charge in [-0.1, -0.05) is 12.1 Å². The van der Waals surface area contributed by atoms with Crippen LogP contribution in [0.25, 0.3) is 0 Å². The van der Waals surface area contributed by atoms with Crippen LogP contribution >= 0.6 is 0 Å². The molecule has 0 bridgehead atoms. The lowest BCUT2D eigenvalue weighted by Gasteiger charge is -2.28. The molecule has 0 fully saturated rings. The van der Waals surface area contributed by atoms with Crippen LogP contribution in [0.3, 0.4) is 0 Å². The van der Waals surface area contributed by atoms with Gasteiger partial charge in [-0.05, 0) is 49.2 Å². The summed E-state index contributed by atoms with van der Waals surface area (Å²) in [7, 11) is 0. The van der Waals surface area contributed by atoms with E-state index in [9.17, 15) is 19.8 Å². The first-order chi connectivity index (χ1) is 16.3. The number of carbonyl (C=O) groups excluding carboxylic acids is 2. The third kappa shape index (κ3) is 5.12. The van der Waals surface area contributed by atoms with Gasteiger partial charge in [0.15, 0.2) is 11.6 Å². The molecule has 2 unspecified atom stereocenters. The molecular formula is C24H32N4O6. The molecule has 10 heteroatoms. The molecule has 2 aromatic rings. The van der Waals surface area contributed by atoms with Crippen molar-refractivity contribution in [3.8, 4) is 11.5 Å². The van der Waals surface area contributed by atoms with E-state index in [1.54, 1.807) is 12.1 Å². The van der Waals surface area contributed by atoms with Crippen molar-refractivity contribution in [3.05, 3.63) is 57.6 Å². The molecule has 0 saturated heterocycles. The fourth-order valence-corrected chi connectivity index (χ4v) is 4.27. The Kier molecular flexibility index (Phi) is 8.72. The first-order valence-electron chi connectivity index (χ1n) is 11.3. The minimum absolute atomic E-state index is 0.0169. The number of rotatable bonds is 12. The second-order valence-corrected chi connectivity index (χ2v) is 8.24. The second-order valence-electron chi connectivity index (χ2n) is 8.24. The molecule has 10 nitrogen and oxygen atoms in total. The van der Waals surface area contributed by atoms with Crippen LogP contribution in [-0.2, 0) is 0 Å². The number of phenols is 2. The number of hydrogen-bond donors (Lipinski definition) is 8. The smallest absolute Gasteiger partial charge is 0.198 e. The van der Waals surface area contributed by atoms with Gasteiger partial charge in [0, 0.05) is 36.3 Å². The van der Waals surface area contributed by atoms with E-state index in [4.69, 9.17) is 21.7 Å². The van der Waals surface area contributed by atoms with E-state index in [-0.39, 0.29) is 35.5 Å². The van der Waals surface area contributed by atoms with Crippen molar-refractivity contribution in [2.75, 3.05) is 39.4 Å². The van der Waals surface area contributed by atoms with Crippen LogP contribution in [0.4, 0.5) is 0 Å². The van der Waals surface area contributed by atoms with Crippen molar-refractivity contribution in [1.29, 1.82) is 0 Å². The Morgan fingerprint density at radius 1 is 0.647 bits per heavy atom. The van der Waals surface area contributed by atoms with Gasteiger partial charge in [0.1, 0.15) is 11.5 Å². The fraction of sp³-hybridized carbons (Fsp3) is 0.417. The minimum Gasteiger partial charge on any atom is -0.507 e. The van der Waals surface area contributed by atoms with E-state index in [0.717, 1.165) is 0 Å². The van der Waals surface area contributed by atoms with Crippen molar-refractivity contribution in [1.82, 2.24) is 10.6 Å². The SMILES string of the molecule is NC(CCNCCO)c1ccc(C(N)CCNCCO)c2c1C(=O)c1c(O)ccc(O)c1C2=O. The summed E-state index contributed by atoms with van der Waals surface area (Å²) < 4.78 is 0. The number of nitrogens with one attached hydrogen (secondary N) is 2. The third-order valence-electron chi connectivity index (χ3n) is 5.98. The van der Waals surface area contributed by atoms with Crippen molar-refractivity contribution in [2.24, 2.45) is 11.5 Å². The van der Waals surface area contributed by atoms with E-state index in [1.165, 1.54) is 12.1 Å². The molecule has 10 N–H and O–H groups in total. The van der Waals surface area contributed by atoms with Crippen LogP contribution in [0.1, 0.15) is 67.9 Å². The molecule has 0 amide bonds. The molecule has 2 aromatic carbocycles. The first kappa shape index (κ1) is 25.8. The van der Waals surface area contributed by atoms with Gasteiger partial charge < -0.3 is 42.5 Å². The number of benzene rings is 2. The number of aliphatic hydroxyl groups excluding tert-OH is 2. The number of fused-ring (bicyclic) bond motifs is 2. The Morgan fingerprint density at radius 2 is 1.03 bits per heavy atom. The largest absolute Gasteiger partial charge is 0.507 e. The summed E-state index contributed by atoms with van der Waals surface area (Å²) in [6, 6.07) is 4.50. The normalized spacial score (nSPS) is 14.6. The molecule has 2 atom stereocenters. The summed E-state index contributed by atoms with van der Waals surface area (Å²) >= 11 is 0. The molecule has 0 aliphatic heterocycles. The minimum atomic E-state index is -0.603. The quantitative estimate of drug-likeness (QED) is 0.129. The maximum absolute atomic E-state index is 13.6. The third-order valence-corrected chi connectivity index (χ3v) is 5.98. The Bertz CT molecular complexity index is 976. The van der Waals surface area contributed by atoms with Crippen molar-refractivity contribution >= 4 is 11.6 Å². The van der Waals surface area contributed by atoms with E-state index in [1.807, 2.05) is 0 Å².